The third-order valence-electron chi connectivity index (χ3n) is 5.16. The average Bonchev–Trinajstić information content (AvgIpc) is 2.81. The van der Waals surface area contributed by atoms with Crippen molar-refractivity contribution in [3.63, 3.8) is 0 Å². The lowest BCUT2D eigenvalue weighted by Gasteiger charge is -2.35. The van der Waals surface area contributed by atoms with Gasteiger partial charge in [0, 0.05) is 6.04 Å². The number of carbonyl (C=O) groups is 1. The molecule has 4 nitrogen and oxygen atoms in total. The van der Waals surface area contributed by atoms with Crippen molar-refractivity contribution in [2.75, 3.05) is 26.7 Å². The number of rotatable bonds is 4. The van der Waals surface area contributed by atoms with Gasteiger partial charge in [-0.1, -0.05) is 0 Å². The van der Waals surface area contributed by atoms with Crippen molar-refractivity contribution in [1.82, 2.24) is 10.2 Å². The number of methoxy groups -OCH3 is 1. The van der Waals surface area contributed by atoms with E-state index in [4.69, 9.17) is 4.74 Å². The second-order valence-electron chi connectivity index (χ2n) is 7.08. The van der Waals surface area contributed by atoms with Crippen LogP contribution in [0.3, 0.4) is 0 Å². The van der Waals surface area contributed by atoms with E-state index in [0.29, 0.717) is 12.0 Å². The van der Waals surface area contributed by atoms with Crippen molar-refractivity contribution < 1.29 is 9.53 Å². The number of likely N-dealkylation sites (tertiary alicyclic amines) is 1. The molecule has 0 aromatic heterocycles. The lowest BCUT2D eigenvalue weighted by Crippen LogP contribution is -2.45. The van der Waals surface area contributed by atoms with E-state index < -0.39 is 5.54 Å². The van der Waals surface area contributed by atoms with Gasteiger partial charge in [0.25, 0.3) is 0 Å². The molecule has 0 aliphatic carbocycles. The molecule has 2 rings (SSSR count). The van der Waals surface area contributed by atoms with E-state index in [1.54, 1.807) is 0 Å². The summed E-state index contributed by atoms with van der Waals surface area (Å²) in [6.45, 7) is 9.95. The highest BCUT2D eigenvalue weighted by Gasteiger charge is 2.42. The molecule has 0 aromatic carbocycles. The Morgan fingerprint density at radius 3 is 2.55 bits per heavy atom. The van der Waals surface area contributed by atoms with E-state index in [-0.39, 0.29) is 5.97 Å². The summed E-state index contributed by atoms with van der Waals surface area (Å²) in [6.07, 6.45) is 4.79. The second-order valence-corrected chi connectivity index (χ2v) is 7.08. The van der Waals surface area contributed by atoms with Crippen LogP contribution in [0.25, 0.3) is 0 Å². The molecule has 0 spiro atoms. The Bertz CT molecular complexity index is 337. The molecule has 0 amide bonds. The third-order valence-corrected chi connectivity index (χ3v) is 5.16. The summed E-state index contributed by atoms with van der Waals surface area (Å²) in [7, 11) is 1.48. The normalized spacial score (nSPS) is 32.8. The van der Waals surface area contributed by atoms with Crippen molar-refractivity contribution in [2.45, 2.75) is 58.0 Å². The minimum absolute atomic E-state index is 0.116. The first-order valence-electron chi connectivity index (χ1n) is 8.02. The Morgan fingerprint density at radius 1 is 1.35 bits per heavy atom. The monoisotopic (exact) mass is 282 g/mol. The minimum Gasteiger partial charge on any atom is -0.468 e. The van der Waals surface area contributed by atoms with Crippen molar-refractivity contribution >= 4 is 5.97 Å². The Hall–Kier alpha value is -0.610. The lowest BCUT2D eigenvalue weighted by molar-refractivity contribution is -0.147. The van der Waals surface area contributed by atoms with Gasteiger partial charge < -0.3 is 15.0 Å². The summed E-state index contributed by atoms with van der Waals surface area (Å²) < 4.78 is 4.91. The van der Waals surface area contributed by atoms with Crippen LogP contribution in [0.1, 0.15) is 46.5 Å². The van der Waals surface area contributed by atoms with E-state index >= 15 is 0 Å². The number of nitrogens with zero attached hydrogens (tertiary/aromatic N) is 1. The van der Waals surface area contributed by atoms with E-state index in [1.807, 2.05) is 6.92 Å². The van der Waals surface area contributed by atoms with Gasteiger partial charge in [0.05, 0.1) is 7.11 Å². The van der Waals surface area contributed by atoms with Gasteiger partial charge >= 0.3 is 5.97 Å². The fraction of sp³-hybridized carbons (Fsp3) is 0.938. The van der Waals surface area contributed by atoms with Crippen LogP contribution in [0.5, 0.6) is 0 Å². The quantitative estimate of drug-likeness (QED) is 0.801. The zero-order valence-corrected chi connectivity index (χ0v) is 13.4. The molecule has 2 fully saturated rings. The summed E-state index contributed by atoms with van der Waals surface area (Å²) in [5.74, 6) is 1.33. The number of ether oxygens (including phenoxy) is 1. The predicted octanol–water partition coefficient (Wildman–Crippen LogP) is 2.04. The first kappa shape index (κ1) is 15.8. The molecule has 116 valence electrons. The highest BCUT2D eigenvalue weighted by molar-refractivity contribution is 5.80. The van der Waals surface area contributed by atoms with Crippen LogP contribution < -0.4 is 5.32 Å². The predicted molar refractivity (Wildman–Crippen MR) is 80.6 cm³/mol. The van der Waals surface area contributed by atoms with Crippen LogP contribution in [0.4, 0.5) is 0 Å². The maximum absolute atomic E-state index is 11.8. The summed E-state index contributed by atoms with van der Waals surface area (Å²) in [4.78, 5) is 14.4. The maximum atomic E-state index is 11.8. The molecule has 2 aliphatic heterocycles. The van der Waals surface area contributed by atoms with Gasteiger partial charge in [-0.05, 0) is 77.9 Å². The van der Waals surface area contributed by atoms with Gasteiger partial charge in [0.2, 0.25) is 0 Å². The number of hydrogen-bond acceptors (Lipinski definition) is 4. The number of nitrogens with one attached hydrogen (secondary N) is 1. The van der Waals surface area contributed by atoms with Crippen LogP contribution in [-0.2, 0) is 9.53 Å². The number of carbonyl (C=O) groups excluding carboxylic acids is 1. The lowest BCUT2D eigenvalue weighted by atomic mass is 9.84. The van der Waals surface area contributed by atoms with Gasteiger partial charge in [-0.3, -0.25) is 4.79 Å². The smallest absolute Gasteiger partial charge is 0.325 e. The number of piperidine rings is 1. The molecule has 0 saturated carbocycles. The van der Waals surface area contributed by atoms with Gasteiger partial charge in [0.15, 0.2) is 0 Å². The van der Waals surface area contributed by atoms with E-state index in [0.717, 1.165) is 18.9 Å². The maximum Gasteiger partial charge on any atom is 0.325 e. The van der Waals surface area contributed by atoms with Crippen LogP contribution in [0.2, 0.25) is 0 Å². The summed E-state index contributed by atoms with van der Waals surface area (Å²) in [6, 6.07) is 0.673. The molecule has 20 heavy (non-hydrogen) atoms. The van der Waals surface area contributed by atoms with Crippen molar-refractivity contribution in [3.8, 4) is 0 Å². The molecule has 0 bridgehead atoms. The third kappa shape index (κ3) is 3.53. The fourth-order valence-electron chi connectivity index (χ4n) is 3.82. The molecule has 1 N–H and O–H groups in total. The summed E-state index contributed by atoms with van der Waals surface area (Å²) >= 11 is 0. The molecule has 2 saturated heterocycles. The zero-order chi connectivity index (χ0) is 14.8. The molecule has 2 atom stereocenters. The zero-order valence-electron chi connectivity index (χ0n) is 13.4. The van der Waals surface area contributed by atoms with Crippen LogP contribution in [0, 0.1) is 11.8 Å². The van der Waals surface area contributed by atoms with Gasteiger partial charge in [-0.15, -0.1) is 0 Å². The highest BCUT2D eigenvalue weighted by Crippen LogP contribution is 2.33. The largest absolute Gasteiger partial charge is 0.468 e. The molecular formula is C16H30N2O2. The molecule has 0 aromatic rings. The Kier molecular flexibility index (Phi) is 5.08. The van der Waals surface area contributed by atoms with E-state index in [9.17, 15) is 4.79 Å². The van der Waals surface area contributed by atoms with Gasteiger partial charge in [0.1, 0.15) is 5.54 Å². The van der Waals surface area contributed by atoms with Crippen molar-refractivity contribution in [3.05, 3.63) is 0 Å². The van der Waals surface area contributed by atoms with Crippen LogP contribution >= 0.6 is 0 Å². The van der Waals surface area contributed by atoms with E-state index in [1.165, 1.54) is 39.5 Å². The summed E-state index contributed by atoms with van der Waals surface area (Å²) in [5.41, 5.74) is -0.460. The number of hydrogen-bond donors (Lipinski definition) is 1. The first-order chi connectivity index (χ1) is 9.44. The Labute approximate surface area is 123 Å². The fourth-order valence-corrected chi connectivity index (χ4v) is 3.82. The topological polar surface area (TPSA) is 41.6 Å². The molecule has 2 unspecified atom stereocenters. The molecular weight excluding hydrogens is 252 g/mol. The van der Waals surface area contributed by atoms with E-state index in [2.05, 4.69) is 24.1 Å². The summed E-state index contributed by atoms with van der Waals surface area (Å²) in [5, 5.41) is 3.37. The molecule has 2 heterocycles. The molecule has 4 heteroatoms. The standard InChI is InChI=1S/C16H30N2O2/c1-12(2)18-7-5-13(6-8-18)9-14-10-16(3,17-11-14)15(19)20-4/h12-14,17H,5-11H2,1-4H3. The van der Waals surface area contributed by atoms with Gasteiger partial charge in [-0.25, -0.2) is 0 Å². The molecule has 2 aliphatic rings. The first-order valence-corrected chi connectivity index (χ1v) is 8.02. The van der Waals surface area contributed by atoms with Crippen molar-refractivity contribution in [1.29, 1.82) is 0 Å². The highest BCUT2D eigenvalue weighted by atomic mass is 16.5. The Morgan fingerprint density at radius 2 is 2.00 bits per heavy atom. The average molecular weight is 282 g/mol. The van der Waals surface area contributed by atoms with Crippen molar-refractivity contribution in [2.24, 2.45) is 11.8 Å². The molecule has 0 radical (unpaired) electrons. The SMILES string of the molecule is COC(=O)C1(C)CC(CC2CCN(C(C)C)CC2)CN1. The minimum atomic E-state index is -0.460. The second kappa shape index (κ2) is 6.44. The van der Waals surface area contributed by atoms with Crippen LogP contribution in [-0.4, -0.2) is 49.2 Å². The number of esters is 1. The Balaban J connectivity index is 1.78. The van der Waals surface area contributed by atoms with Gasteiger partial charge in [-0.2, -0.15) is 0 Å². The van der Waals surface area contributed by atoms with Crippen LogP contribution in [0.15, 0.2) is 0 Å².